The Morgan fingerprint density at radius 2 is 1.86 bits per heavy atom. The number of carbonyl (C=O) groups excluding carboxylic acids is 2. The summed E-state index contributed by atoms with van der Waals surface area (Å²) in [6.45, 7) is 4.40. The van der Waals surface area contributed by atoms with Crippen molar-refractivity contribution in [2.75, 3.05) is 6.54 Å². The van der Waals surface area contributed by atoms with Gasteiger partial charge in [-0.25, -0.2) is 8.42 Å². The Bertz CT molecular complexity index is 1050. The van der Waals surface area contributed by atoms with Crippen molar-refractivity contribution in [3.8, 4) is 6.07 Å². The van der Waals surface area contributed by atoms with E-state index in [9.17, 15) is 18.0 Å². The summed E-state index contributed by atoms with van der Waals surface area (Å²) >= 11 is 0. The summed E-state index contributed by atoms with van der Waals surface area (Å²) in [5.74, 6) is -1.27. The van der Waals surface area contributed by atoms with Crippen LogP contribution in [0.2, 0.25) is 0 Å². The second-order valence-corrected chi connectivity index (χ2v) is 7.98. The minimum absolute atomic E-state index is 0.0400. The number of ketones is 1. The molecular weight excluding hydrogens is 380 g/mol. The molecule has 0 aliphatic heterocycles. The minimum Gasteiger partial charge on any atom is -0.453 e. The summed E-state index contributed by atoms with van der Waals surface area (Å²) in [7, 11) is -4.08. The topological polar surface area (TPSA) is 113 Å². The number of carbonyl (C=O) groups is 2. The number of nitriles is 1. The summed E-state index contributed by atoms with van der Waals surface area (Å²) in [6.07, 6.45) is -1.07. The van der Waals surface area contributed by atoms with Gasteiger partial charge < -0.3 is 4.74 Å². The van der Waals surface area contributed by atoms with E-state index in [1.165, 1.54) is 31.2 Å². The molecule has 0 aliphatic rings. The van der Waals surface area contributed by atoms with Crippen LogP contribution in [0.1, 0.15) is 34.0 Å². The van der Waals surface area contributed by atoms with E-state index in [2.05, 4.69) is 4.72 Å². The number of aryl methyl sites for hydroxylation is 2. The van der Waals surface area contributed by atoms with Gasteiger partial charge in [-0.1, -0.05) is 29.8 Å². The van der Waals surface area contributed by atoms with Crippen LogP contribution in [0.4, 0.5) is 0 Å². The van der Waals surface area contributed by atoms with Crippen molar-refractivity contribution in [2.45, 2.75) is 31.8 Å². The van der Waals surface area contributed by atoms with Crippen LogP contribution in [0.25, 0.3) is 0 Å². The van der Waals surface area contributed by atoms with E-state index < -0.39 is 28.6 Å². The first kappa shape index (κ1) is 21.3. The molecule has 2 rings (SSSR count). The maximum atomic E-state index is 12.5. The molecule has 2 aromatic carbocycles. The molecule has 0 saturated heterocycles. The molecule has 0 radical (unpaired) electrons. The predicted octanol–water partition coefficient (Wildman–Crippen LogP) is 2.27. The smallest absolute Gasteiger partial charge is 0.321 e. The van der Waals surface area contributed by atoms with Gasteiger partial charge in [0.1, 0.15) is 12.6 Å². The quantitative estimate of drug-likeness (QED) is 0.563. The van der Waals surface area contributed by atoms with Gasteiger partial charge in [0.25, 0.3) is 0 Å². The van der Waals surface area contributed by atoms with Crippen molar-refractivity contribution in [1.82, 2.24) is 4.72 Å². The number of ether oxygens (including phenoxy) is 1. The monoisotopic (exact) mass is 400 g/mol. The molecule has 0 bridgehead atoms. The van der Waals surface area contributed by atoms with Gasteiger partial charge in [-0.3, -0.25) is 9.59 Å². The average molecular weight is 400 g/mol. The number of nitrogens with one attached hydrogen (secondary N) is 1. The van der Waals surface area contributed by atoms with Gasteiger partial charge in [0.15, 0.2) is 6.10 Å². The lowest BCUT2D eigenvalue weighted by molar-refractivity contribution is -0.144. The summed E-state index contributed by atoms with van der Waals surface area (Å²) < 4.78 is 31.8. The molecule has 146 valence electrons. The van der Waals surface area contributed by atoms with Crippen molar-refractivity contribution in [1.29, 1.82) is 5.26 Å². The van der Waals surface area contributed by atoms with Gasteiger partial charge in [0.2, 0.25) is 15.8 Å². The van der Waals surface area contributed by atoms with Crippen LogP contribution in [-0.2, 0) is 19.6 Å². The molecule has 0 amide bonds. The molecule has 0 saturated carbocycles. The van der Waals surface area contributed by atoms with Crippen molar-refractivity contribution in [3.63, 3.8) is 0 Å². The first-order chi connectivity index (χ1) is 13.2. The van der Waals surface area contributed by atoms with Crippen LogP contribution in [0.3, 0.4) is 0 Å². The largest absolute Gasteiger partial charge is 0.453 e. The lowest BCUT2D eigenvalue weighted by Crippen LogP contribution is -2.34. The molecule has 0 spiro atoms. The number of esters is 1. The van der Waals surface area contributed by atoms with E-state index >= 15 is 0 Å². The number of nitrogens with zero attached hydrogens (tertiary/aromatic N) is 1. The van der Waals surface area contributed by atoms with Crippen molar-refractivity contribution >= 4 is 21.8 Å². The first-order valence-electron chi connectivity index (χ1n) is 8.45. The molecular formula is C20H20N2O5S. The zero-order chi connectivity index (χ0) is 20.9. The van der Waals surface area contributed by atoms with Gasteiger partial charge in [-0.2, -0.15) is 9.98 Å². The summed E-state index contributed by atoms with van der Waals surface area (Å²) in [5, 5.41) is 9.02. The molecule has 7 nitrogen and oxygen atoms in total. The Morgan fingerprint density at radius 1 is 1.18 bits per heavy atom. The lowest BCUT2D eigenvalue weighted by atomic mass is 9.99. The standard InChI is InChI=1S/C20H20N2O5S/c1-13-8-9-14(2)17(10-13)20(24)15(3)27-19(23)12-22-28(25,26)18-7-5-4-6-16(18)11-21/h4-10,15,22H,12H2,1-3H3/t15-/m1/s1. The molecule has 0 aliphatic carbocycles. The van der Waals surface area contributed by atoms with Crippen molar-refractivity contribution in [2.24, 2.45) is 0 Å². The van der Waals surface area contributed by atoms with Gasteiger partial charge in [0, 0.05) is 5.56 Å². The van der Waals surface area contributed by atoms with Crippen LogP contribution < -0.4 is 4.72 Å². The molecule has 2 aromatic rings. The SMILES string of the molecule is Cc1ccc(C)c(C(=O)[C@@H](C)OC(=O)CNS(=O)(=O)c2ccccc2C#N)c1. The third kappa shape index (κ3) is 5.03. The summed E-state index contributed by atoms with van der Waals surface area (Å²) in [5.41, 5.74) is 2.06. The molecule has 0 fully saturated rings. The Morgan fingerprint density at radius 3 is 2.54 bits per heavy atom. The molecule has 28 heavy (non-hydrogen) atoms. The van der Waals surface area contributed by atoms with Gasteiger partial charge in [0.05, 0.1) is 10.5 Å². The second-order valence-electron chi connectivity index (χ2n) is 6.25. The zero-order valence-electron chi connectivity index (χ0n) is 15.7. The van der Waals surface area contributed by atoms with Crippen molar-refractivity contribution < 1.29 is 22.7 Å². The third-order valence-electron chi connectivity index (χ3n) is 4.04. The van der Waals surface area contributed by atoms with Crippen LogP contribution in [-0.4, -0.2) is 32.8 Å². The molecule has 8 heteroatoms. The maximum Gasteiger partial charge on any atom is 0.321 e. The number of benzene rings is 2. The Labute approximate surface area is 164 Å². The normalized spacial score (nSPS) is 12.1. The first-order valence-corrected chi connectivity index (χ1v) is 9.93. The fourth-order valence-electron chi connectivity index (χ4n) is 2.54. The highest BCUT2D eigenvalue weighted by molar-refractivity contribution is 7.89. The number of Topliss-reactive ketones (excluding diaryl/α,β-unsaturated/α-hetero) is 1. The third-order valence-corrected chi connectivity index (χ3v) is 5.50. The van der Waals surface area contributed by atoms with E-state index in [-0.39, 0.29) is 16.2 Å². The van der Waals surface area contributed by atoms with E-state index in [4.69, 9.17) is 10.00 Å². The van der Waals surface area contributed by atoms with Gasteiger partial charge in [-0.15, -0.1) is 0 Å². The van der Waals surface area contributed by atoms with Gasteiger partial charge in [-0.05, 0) is 44.5 Å². The zero-order valence-corrected chi connectivity index (χ0v) is 16.5. The second kappa shape index (κ2) is 8.78. The van der Waals surface area contributed by atoms with Crippen LogP contribution in [0, 0.1) is 25.2 Å². The predicted molar refractivity (Wildman–Crippen MR) is 102 cm³/mol. The fourth-order valence-corrected chi connectivity index (χ4v) is 3.66. The Hall–Kier alpha value is -3.02. The number of hydrogen-bond donors (Lipinski definition) is 1. The molecule has 1 N–H and O–H groups in total. The highest BCUT2D eigenvalue weighted by Crippen LogP contribution is 2.15. The number of rotatable bonds is 7. The highest BCUT2D eigenvalue weighted by atomic mass is 32.2. The molecule has 0 aromatic heterocycles. The molecule has 0 unspecified atom stereocenters. The minimum atomic E-state index is -4.08. The molecule has 0 heterocycles. The highest BCUT2D eigenvalue weighted by Gasteiger charge is 2.23. The van der Waals surface area contributed by atoms with E-state index in [0.29, 0.717) is 5.56 Å². The Balaban J connectivity index is 2.03. The van der Waals surface area contributed by atoms with E-state index in [0.717, 1.165) is 11.1 Å². The maximum absolute atomic E-state index is 12.5. The summed E-state index contributed by atoms with van der Waals surface area (Å²) in [6, 6.07) is 12.8. The average Bonchev–Trinajstić information content (AvgIpc) is 2.67. The number of hydrogen-bond acceptors (Lipinski definition) is 6. The van der Waals surface area contributed by atoms with Gasteiger partial charge >= 0.3 is 5.97 Å². The molecule has 1 atom stereocenters. The van der Waals surface area contributed by atoms with Crippen LogP contribution >= 0.6 is 0 Å². The van der Waals surface area contributed by atoms with Crippen LogP contribution in [0.15, 0.2) is 47.4 Å². The van der Waals surface area contributed by atoms with E-state index in [1.54, 1.807) is 25.1 Å². The Kier molecular flexibility index (Phi) is 6.67. The fraction of sp³-hybridized carbons (Fsp3) is 0.250. The lowest BCUT2D eigenvalue weighted by Gasteiger charge is -2.15. The van der Waals surface area contributed by atoms with Crippen LogP contribution in [0.5, 0.6) is 0 Å². The van der Waals surface area contributed by atoms with Crippen molar-refractivity contribution in [3.05, 3.63) is 64.7 Å². The van der Waals surface area contributed by atoms with E-state index in [1.807, 2.05) is 13.0 Å². The summed E-state index contributed by atoms with van der Waals surface area (Å²) in [4.78, 5) is 24.3. The number of sulfonamides is 1.